The van der Waals surface area contributed by atoms with Crippen LogP contribution in [0.3, 0.4) is 0 Å². The summed E-state index contributed by atoms with van der Waals surface area (Å²) in [4.78, 5) is 29.9. The van der Waals surface area contributed by atoms with Crippen molar-refractivity contribution in [2.75, 3.05) is 70.9 Å². The highest BCUT2D eigenvalue weighted by Gasteiger charge is 2.26. The van der Waals surface area contributed by atoms with Crippen molar-refractivity contribution in [1.82, 2.24) is 10.2 Å². The molecule has 0 aromatic heterocycles. The third-order valence-corrected chi connectivity index (χ3v) is 6.63. The molecule has 2 heterocycles. The summed E-state index contributed by atoms with van der Waals surface area (Å²) < 4.78 is 16.0. The topological polar surface area (TPSA) is 92.4 Å². The molecule has 0 spiro atoms. The summed E-state index contributed by atoms with van der Waals surface area (Å²) in [5, 5.41) is 5.47. The van der Waals surface area contributed by atoms with Gasteiger partial charge in [-0.05, 0) is 42.2 Å². The summed E-state index contributed by atoms with van der Waals surface area (Å²) in [6.07, 6.45) is 2.17. The van der Waals surface area contributed by atoms with Crippen molar-refractivity contribution < 1.29 is 23.8 Å². The van der Waals surface area contributed by atoms with Gasteiger partial charge >= 0.3 is 11.8 Å². The average molecular weight is 483 g/mol. The Labute approximate surface area is 206 Å². The van der Waals surface area contributed by atoms with Gasteiger partial charge in [0.1, 0.15) is 0 Å². The SMILES string of the molecule is COc1ccc(NC(=O)C(=O)NC[C@H](c2ccc3c(c2)CCCN3C)N2CCOCC2)cc1OC. The molecule has 2 aromatic rings. The van der Waals surface area contributed by atoms with Gasteiger partial charge in [0.2, 0.25) is 0 Å². The predicted octanol–water partition coefficient (Wildman–Crippen LogP) is 2.21. The van der Waals surface area contributed by atoms with Crippen LogP contribution in [0, 0.1) is 0 Å². The normalized spacial score (nSPS) is 16.7. The van der Waals surface area contributed by atoms with Crippen LogP contribution in [0.15, 0.2) is 36.4 Å². The van der Waals surface area contributed by atoms with Crippen molar-refractivity contribution in [3.8, 4) is 11.5 Å². The van der Waals surface area contributed by atoms with Crippen LogP contribution in [0.2, 0.25) is 0 Å². The van der Waals surface area contributed by atoms with E-state index in [1.54, 1.807) is 18.2 Å². The molecule has 2 aliphatic rings. The van der Waals surface area contributed by atoms with Crippen LogP contribution in [-0.4, -0.2) is 77.4 Å². The molecular weight excluding hydrogens is 448 g/mol. The Bertz CT molecular complexity index is 1050. The lowest BCUT2D eigenvalue weighted by Gasteiger charge is -2.36. The lowest BCUT2D eigenvalue weighted by Crippen LogP contribution is -2.45. The lowest BCUT2D eigenvalue weighted by molar-refractivity contribution is -0.136. The number of rotatable bonds is 7. The Kier molecular flexibility index (Phi) is 8.09. The quantitative estimate of drug-likeness (QED) is 0.585. The zero-order valence-corrected chi connectivity index (χ0v) is 20.6. The van der Waals surface area contributed by atoms with Crippen LogP contribution in [0.5, 0.6) is 11.5 Å². The zero-order chi connectivity index (χ0) is 24.8. The molecule has 188 valence electrons. The van der Waals surface area contributed by atoms with Gasteiger partial charge in [-0.3, -0.25) is 14.5 Å². The smallest absolute Gasteiger partial charge is 0.313 e. The summed E-state index contributed by atoms with van der Waals surface area (Å²) in [6.45, 7) is 4.23. The zero-order valence-electron chi connectivity index (χ0n) is 20.6. The molecule has 1 atom stereocenters. The molecule has 1 fully saturated rings. The van der Waals surface area contributed by atoms with E-state index < -0.39 is 11.8 Å². The standard InChI is InChI=1S/C26H34N4O5/c1-29-10-4-5-18-15-19(6-8-21(18)29)22(30-11-13-35-14-12-30)17-27-25(31)26(32)28-20-7-9-23(33-2)24(16-20)34-3/h6-9,15-16,22H,4-5,10-14,17H2,1-3H3,(H,27,31)(H,28,32)/t22-/m1/s1. The van der Waals surface area contributed by atoms with Crippen molar-refractivity contribution in [2.45, 2.75) is 18.9 Å². The molecule has 2 aliphatic heterocycles. The van der Waals surface area contributed by atoms with Crippen molar-refractivity contribution >= 4 is 23.2 Å². The van der Waals surface area contributed by atoms with Crippen molar-refractivity contribution in [3.63, 3.8) is 0 Å². The van der Waals surface area contributed by atoms with Crippen molar-refractivity contribution in [2.24, 2.45) is 0 Å². The van der Waals surface area contributed by atoms with Gasteiger partial charge < -0.3 is 29.7 Å². The number of amides is 2. The molecule has 0 unspecified atom stereocenters. The molecule has 9 nitrogen and oxygen atoms in total. The number of carbonyl (C=O) groups excluding carboxylic acids is 2. The van der Waals surface area contributed by atoms with E-state index in [4.69, 9.17) is 14.2 Å². The third-order valence-electron chi connectivity index (χ3n) is 6.63. The number of anilines is 2. The van der Waals surface area contributed by atoms with Crippen molar-refractivity contribution in [3.05, 3.63) is 47.5 Å². The van der Waals surface area contributed by atoms with Crippen LogP contribution in [0.25, 0.3) is 0 Å². The minimum Gasteiger partial charge on any atom is -0.493 e. The summed E-state index contributed by atoms with van der Waals surface area (Å²) in [5.41, 5.74) is 4.18. The number of methoxy groups -OCH3 is 2. The largest absolute Gasteiger partial charge is 0.493 e. The maximum atomic E-state index is 12.7. The number of nitrogens with one attached hydrogen (secondary N) is 2. The first-order valence-electron chi connectivity index (χ1n) is 12.0. The van der Waals surface area contributed by atoms with E-state index in [1.165, 1.54) is 25.5 Å². The van der Waals surface area contributed by atoms with Gasteiger partial charge in [-0.2, -0.15) is 0 Å². The fraction of sp³-hybridized carbons (Fsp3) is 0.462. The van der Waals surface area contributed by atoms with Gasteiger partial charge in [0, 0.05) is 50.7 Å². The Morgan fingerprint density at radius 3 is 2.51 bits per heavy atom. The Balaban J connectivity index is 1.45. The number of carbonyl (C=O) groups is 2. The van der Waals surface area contributed by atoms with E-state index in [2.05, 4.69) is 45.7 Å². The molecule has 2 amide bonds. The monoisotopic (exact) mass is 482 g/mol. The minimum atomic E-state index is -0.731. The minimum absolute atomic E-state index is 0.0470. The summed E-state index contributed by atoms with van der Waals surface area (Å²) >= 11 is 0. The van der Waals surface area contributed by atoms with E-state index in [1.807, 2.05) is 0 Å². The molecule has 35 heavy (non-hydrogen) atoms. The van der Waals surface area contributed by atoms with Crippen LogP contribution >= 0.6 is 0 Å². The second-order valence-electron chi connectivity index (χ2n) is 8.81. The van der Waals surface area contributed by atoms with Crippen molar-refractivity contribution in [1.29, 1.82) is 0 Å². The van der Waals surface area contributed by atoms with Crippen LogP contribution in [0.1, 0.15) is 23.6 Å². The lowest BCUT2D eigenvalue weighted by atomic mass is 9.95. The molecule has 2 N–H and O–H groups in total. The first kappa shape index (κ1) is 24.8. The first-order chi connectivity index (χ1) is 17.0. The molecule has 0 bridgehead atoms. The highest BCUT2D eigenvalue weighted by atomic mass is 16.5. The Morgan fingerprint density at radius 2 is 1.77 bits per heavy atom. The highest BCUT2D eigenvalue weighted by Crippen LogP contribution is 2.31. The van der Waals surface area contributed by atoms with E-state index >= 15 is 0 Å². The highest BCUT2D eigenvalue weighted by molar-refractivity contribution is 6.39. The van der Waals surface area contributed by atoms with E-state index in [-0.39, 0.29) is 6.04 Å². The van der Waals surface area contributed by atoms with Crippen LogP contribution in [0.4, 0.5) is 11.4 Å². The average Bonchev–Trinajstić information content (AvgIpc) is 2.89. The second-order valence-corrected chi connectivity index (χ2v) is 8.81. The third kappa shape index (κ3) is 5.86. The molecule has 0 saturated carbocycles. The van der Waals surface area contributed by atoms with E-state index in [0.717, 1.165) is 38.0 Å². The van der Waals surface area contributed by atoms with Gasteiger partial charge in [0.05, 0.1) is 33.5 Å². The molecule has 0 aliphatic carbocycles. The predicted molar refractivity (Wildman–Crippen MR) is 134 cm³/mol. The second kappa shape index (κ2) is 11.4. The van der Waals surface area contributed by atoms with E-state index in [0.29, 0.717) is 36.9 Å². The maximum Gasteiger partial charge on any atom is 0.313 e. The van der Waals surface area contributed by atoms with Crippen LogP contribution in [-0.2, 0) is 20.7 Å². The summed E-state index contributed by atoms with van der Waals surface area (Å²) in [5.74, 6) is -0.406. The van der Waals surface area contributed by atoms with Crippen LogP contribution < -0.4 is 25.0 Å². The number of nitrogens with zero attached hydrogens (tertiary/aromatic N) is 2. The molecule has 0 radical (unpaired) electrons. The van der Waals surface area contributed by atoms with Gasteiger partial charge in [-0.15, -0.1) is 0 Å². The molecule has 9 heteroatoms. The maximum absolute atomic E-state index is 12.7. The number of morpholine rings is 1. The van der Waals surface area contributed by atoms with Gasteiger partial charge in [0.25, 0.3) is 0 Å². The van der Waals surface area contributed by atoms with Gasteiger partial charge in [0.15, 0.2) is 11.5 Å². The molecule has 2 aromatic carbocycles. The molecular formula is C26H34N4O5. The Morgan fingerprint density at radius 1 is 1.00 bits per heavy atom. The fourth-order valence-electron chi connectivity index (χ4n) is 4.73. The first-order valence-corrected chi connectivity index (χ1v) is 12.0. The van der Waals surface area contributed by atoms with Gasteiger partial charge in [-0.1, -0.05) is 12.1 Å². The summed E-state index contributed by atoms with van der Waals surface area (Å²) in [6, 6.07) is 11.5. The molecule has 1 saturated heterocycles. The summed E-state index contributed by atoms with van der Waals surface area (Å²) in [7, 11) is 5.17. The number of ether oxygens (including phenoxy) is 3. The number of fused-ring (bicyclic) bond motifs is 1. The van der Waals surface area contributed by atoms with Gasteiger partial charge in [-0.25, -0.2) is 0 Å². The number of benzene rings is 2. The molecule has 4 rings (SSSR count). The van der Waals surface area contributed by atoms with E-state index in [9.17, 15) is 9.59 Å². The number of aryl methyl sites for hydroxylation is 1. The fourth-order valence-corrected chi connectivity index (χ4v) is 4.73. The Hall–Kier alpha value is -3.30. The number of hydrogen-bond donors (Lipinski definition) is 2. The number of hydrogen-bond acceptors (Lipinski definition) is 7.